The van der Waals surface area contributed by atoms with E-state index < -0.39 is 27.7 Å². The maximum atomic E-state index is 12.8. The Hall–Kier alpha value is -3.77. The van der Waals surface area contributed by atoms with E-state index in [0.717, 1.165) is 12.1 Å². The van der Waals surface area contributed by atoms with Gasteiger partial charge in [-0.1, -0.05) is 24.0 Å². The molecule has 3 aromatic rings. The molecule has 0 aliphatic rings. The van der Waals surface area contributed by atoms with Gasteiger partial charge >= 0.3 is 12.1 Å². The maximum absolute atomic E-state index is 12.8. The molecule has 0 aliphatic heterocycles. The van der Waals surface area contributed by atoms with Crippen LogP contribution in [0.4, 0.5) is 18.9 Å². The molecule has 9 heteroatoms. The van der Waals surface area contributed by atoms with Gasteiger partial charge in [-0.3, -0.25) is 4.72 Å². The summed E-state index contributed by atoms with van der Waals surface area (Å²) in [6, 6.07) is 15.3. The van der Waals surface area contributed by atoms with Crippen molar-refractivity contribution >= 4 is 21.7 Å². The summed E-state index contributed by atoms with van der Waals surface area (Å²) in [5, 5.41) is 8.90. The normalized spacial score (nSPS) is 11.3. The summed E-state index contributed by atoms with van der Waals surface area (Å²) in [5.74, 6) is 4.16. The predicted molar refractivity (Wildman–Crippen MR) is 108 cm³/mol. The van der Waals surface area contributed by atoms with Crippen molar-refractivity contribution in [3.05, 3.63) is 95.1 Å². The lowest BCUT2D eigenvalue weighted by atomic mass is 10.1. The van der Waals surface area contributed by atoms with Gasteiger partial charge in [-0.05, 0) is 60.7 Å². The van der Waals surface area contributed by atoms with Crippen LogP contribution in [0.25, 0.3) is 0 Å². The number of aromatic carboxylic acids is 1. The van der Waals surface area contributed by atoms with E-state index in [1.807, 2.05) is 0 Å². The van der Waals surface area contributed by atoms with Crippen LogP contribution in [0.5, 0.6) is 0 Å². The third kappa shape index (κ3) is 5.65. The quantitative estimate of drug-likeness (QED) is 0.575. The topological polar surface area (TPSA) is 83.5 Å². The summed E-state index contributed by atoms with van der Waals surface area (Å²) >= 11 is 0. The summed E-state index contributed by atoms with van der Waals surface area (Å²) in [4.78, 5) is 10.8. The predicted octanol–water partition coefficient (Wildman–Crippen LogP) is 4.60. The monoisotopic (exact) mass is 445 g/mol. The Bertz CT molecular complexity index is 1290. The zero-order chi connectivity index (χ0) is 22.6. The molecule has 0 atom stereocenters. The van der Waals surface area contributed by atoms with E-state index in [9.17, 15) is 26.4 Å². The number of benzene rings is 3. The van der Waals surface area contributed by atoms with Crippen molar-refractivity contribution in [2.24, 2.45) is 0 Å². The number of carboxylic acid groups (broad SMARTS) is 1. The molecule has 0 amide bonds. The molecule has 0 aliphatic carbocycles. The molecular formula is C22H14F3NO4S. The molecule has 0 fully saturated rings. The minimum atomic E-state index is -4.47. The van der Waals surface area contributed by atoms with Gasteiger partial charge < -0.3 is 5.11 Å². The van der Waals surface area contributed by atoms with Gasteiger partial charge in [0.15, 0.2) is 0 Å². The number of nitrogens with one attached hydrogen (secondary N) is 1. The number of sulfonamides is 1. The molecule has 2 N–H and O–H groups in total. The van der Waals surface area contributed by atoms with Crippen LogP contribution in [-0.2, 0) is 16.2 Å². The van der Waals surface area contributed by atoms with Crippen molar-refractivity contribution in [3.63, 3.8) is 0 Å². The van der Waals surface area contributed by atoms with Crippen LogP contribution in [0.2, 0.25) is 0 Å². The summed E-state index contributed by atoms with van der Waals surface area (Å²) in [6.07, 6.45) is -4.47. The molecule has 3 rings (SSSR count). The lowest BCUT2D eigenvalue weighted by molar-refractivity contribution is -0.137. The van der Waals surface area contributed by atoms with E-state index in [2.05, 4.69) is 16.6 Å². The van der Waals surface area contributed by atoms with E-state index in [0.29, 0.717) is 5.56 Å². The van der Waals surface area contributed by atoms with Crippen LogP contribution in [0.15, 0.2) is 77.7 Å². The van der Waals surface area contributed by atoms with Crippen molar-refractivity contribution in [3.8, 4) is 11.8 Å². The van der Waals surface area contributed by atoms with Gasteiger partial charge in [0.2, 0.25) is 0 Å². The SMILES string of the molecule is O=C(O)c1ccc(S(=O)(=O)Nc2cccc(C#Cc3cccc(C(F)(F)F)c3)c2)cc1. The van der Waals surface area contributed by atoms with E-state index >= 15 is 0 Å². The largest absolute Gasteiger partial charge is 0.478 e. The maximum Gasteiger partial charge on any atom is 0.416 e. The molecule has 5 nitrogen and oxygen atoms in total. The summed E-state index contributed by atoms with van der Waals surface area (Å²) < 4.78 is 65.8. The highest BCUT2D eigenvalue weighted by Gasteiger charge is 2.30. The van der Waals surface area contributed by atoms with Gasteiger partial charge in [0.25, 0.3) is 10.0 Å². The second-order valence-corrected chi connectivity index (χ2v) is 8.03. The Morgan fingerprint density at radius 2 is 1.45 bits per heavy atom. The lowest BCUT2D eigenvalue weighted by Crippen LogP contribution is -2.13. The summed E-state index contributed by atoms with van der Waals surface area (Å²) in [5.41, 5.74) is -0.114. The number of carboxylic acids is 1. The third-order valence-electron chi connectivity index (χ3n) is 4.07. The Balaban J connectivity index is 1.81. The van der Waals surface area contributed by atoms with Gasteiger partial charge in [-0.2, -0.15) is 13.2 Å². The molecule has 0 spiro atoms. The standard InChI is InChI=1S/C22H14F3NO4S/c23-22(24,25)18-5-1-3-15(13-18)7-8-16-4-2-6-19(14-16)26-31(29,30)20-11-9-17(10-12-20)21(27)28/h1-6,9-14,26H,(H,27,28). The Morgan fingerprint density at radius 1 is 0.871 bits per heavy atom. The van der Waals surface area contributed by atoms with Gasteiger partial charge in [0, 0.05) is 11.1 Å². The highest BCUT2D eigenvalue weighted by molar-refractivity contribution is 7.92. The number of hydrogen-bond donors (Lipinski definition) is 2. The number of alkyl halides is 3. The first kappa shape index (κ1) is 21.9. The van der Waals surface area contributed by atoms with Crippen molar-refractivity contribution in [1.82, 2.24) is 0 Å². The van der Waals surface area contributed by atoms with E-state index in [1.165, 1.54) is 48.5 Å². The Labute approximate surface area is 176 Å². The van der Waals surface area contributed by atoms with Crippen molar-refractivity contribution < 1.29 is 31.5 Å². The highest BCUT2D eigenvalue weighted by atomic mass is 32.2. The van der Waals surface area contributed by atoms with Crippen LogP contribution in [0.3, 0.4) is 0 Å². The van der Waals surface area contributed by atoms with Crippen molar-refractivity contribution in [1.29, 1.82) is 0 Å². The first-order chi connectivity index (χ1) is 14.5. The molecule has 31 heavy (non-hydrogen) atoms. The number of halogens is 3. The first-order valence-electron chi connectivity index (χ1n) is 8.70. The van der Waals surface area contributed by atoms with Crippen LogP contribution in [0, 0.1) is 11.8 Å². The van der Waals surface area contributed by atoms with Gasteiger partial charge in [0.1, 0.15) is 0 Å². The molecule has 158 valence electrons. The van der Waals surface area contributed by atoms with Crippen LogP contribution >= 0.6 is 0 Å². The van der Waals surface area contributed by atoms with E-state index in [4.69, 9.17) is 5.11 Å². The lowest BCUT2D eigenvalue weighted by Gasteiger charge is -2.08. The molecule has 0 saturated carbocycles. The minimum Gasteiger partial charge on any atom is -0.478 e. The average molecular weight is 445 g/mol. The Kier molecular flexibility index (Phi) is 6.04. The third-order valence-corrected chi connectivity index (χ3v) is 5.46. The van der Waals surface area contributed by atoms with Crippen molar-refractivity contribution in [2.75, 3.05) is 4.72 Å². The van der Waals surface area contributed by atoms with Gasteiger partial charge in [0.05, 0.1) is 21.7 Å². The fourth-order valence-electron chi connectivity index (χ4n) is 2.57. The summed E-state index contributed by atoms with van der Waals surface area (Å²) in [6.45, 7) is 0. The van der Waals surface area contributed by atoms with Crippen LogP contribution in [0.1, 0.15) is 27.0 Å². The first-order valence-corrected chi connectivity index (χ1v) is 10.2. The molecule has 0 radical (unpaired) electrons. The molecule has 0 unspecified atom stereocenters. The smallest absolute Gasteiger partial charge is 0.416 e. The molecule has 0 saturated heterocycles. The number of hydrogen-bond acceptors (Lipinski definition) is 3. The fraction of sp³-hybridized carbons (Fsp3) is 0.0455. The second kappa shape index (κ2) is 8.53. The van der Waals surface area contributed by atoms with Gasteiger partial charge in [-0.25, -0.2) is 13.2 Å². The van der Waals surface area contributed by atoms with Crippen LogP contribution in [-0.4, -0.2) is 19.5 Å². The summed E-state index contributed by atoms with van der Waals surface area (Å²) in [7, 11) is -3.98. The highest BCUT2D eigenvalue weighted by Crippen LogP contribution is 2.29. The van der Waals surface area contributed by atoms with Gasteiger partial charge in [-0.15, -0.1) is 0 Å². The number of anilines is 1. The molecule has 0 aromatic heterocycles. The van der Waals surface area contributed by atoms with E-state index in [-0.39, 0.29) is 21.7 Å². The zero-order valence-electron chi connectivity index (χ0n) is 15.6. The average Bonchev–Trinajstić information content (AvgIpc) is 2.72. The molecule has 3 aromatic carbocycles. The van der Waals surface area contributed by atoms with Crippen molar-refractivity contribution in [2.45, 2.75) is 11.1 Å². The zero-order valence-corrected chi connectivity index (χ0v) is 16.5. The number of carbonyl (C=O) groups is 1. The molecule has 0 heterocycles. The van der Waals surface area contributed by atoms with Crippen LogP contribution < -0.4 is 4.72 Å². The molecular weight excluding hydrogens is 431 g/mol. The van der Waals surface area contributed by atoms with E-state index in [1.54, 1.807) is 12.1 Å². The minimum absolute atomic E-state index is 0.0502. The number of rotatable bonds is 4. The Morgan fingerprint density at radius 3 is 2.03 bits per heavy atom. The fourth-order valence-corrected chi connectivity index (χ4v) is 3.62. The molecule has 0 bridgehead atoms. The second-order valence-electron chi connectivity index (χ2n) is 6.34.